The third kappa shape index (κ3) is 2.60. The molecular weight excluding hydrogens is 220 g/mol. The predicted molar refractivity (Wildman–Crippen MR) is 77.7 cm³/mol. The molecule has 2 rings (SSSR count). The quantitative estimate of drug-likeness (QED) is 0.824. The number of benzene rings is 1. The molecule has 1 aromatic rings. The first kappa shape index (κ1) is 13.6. The number of nitrogens with zero attached hydrogens (tertiary/aromatic N) is 1. The Morgan fingerprint density at radius 2 is 1.67 bits per heavy atom. The first-order valence-corrected chi connectivity index (χ1v) is 6.89. The highest BCUT2D eigenvalue weighted by atomic mass is 15.3. The predicted octanol–water partition coefficient (Wildman–Crippen LogP) is 3.18. The third-order valence-corrected chi connectivity index (χ3v) is 3.89. The molecule has 2 nitrogen and oxygen atoms in total. The summed E-state index contributed by atoms with van der Waals surface area (Å²) in [5.41, 5.74) is 10.6. The van der Waals surface area contributed by atoms with Crippen molar-refractivity contribution in [2.75, 3.05) is 6.54 Å². The van der Waals surface area contributed by atoms with E-state index in [2.05, 4.69) is 57.7 Å². The second-order valence-corrected chi connectivity index (χ2v) is 6.68. The summed E-state index contributed by atoms with van der Waals surface area (Å²) >= 11 is 0. The maximum atomic E-state index is 6.36. The molecule has 1 heterocycles. The van der Waals surface area contributed by atoms with E-state index < -0.39 is 0 Å². The molecule has 1 fully saturated rings. The van der Waals surface area contributed by atoms with Gasteiger partial charge in [-0.1, -0.05) is 29.3 Å². The van der Waals surface area contributed by atoms with Gasteiger partial charge in [-0.05, 0) is 46.6 Å². The Balaban J connectivity index is 2.39. The molecule has 2 N–H and O–H groups in total. The Hall–Kier alpha value is -0.860. The largest absolute Gasteiger partial charge is 0.326 e. The zero-order valence-corrected chi connectivity index (χ0v) is 12.3. The van der Waals surface area contributed by atoms with E-state index >= 15 is 0 Å². The second-order valence-electron chi connectivity index (χ2n) is 6.68. The van der Waals surface area contributed by atoms with Crippen molar-refractivity contribution >= 4 is 0 Å². The van der Waals surface area contributed by atoms with Crippen LogP contribution in [0.1, 0.15) is 49.9 Å². The summed E-state index contributed by atoms with van der Waals surface area (Å²) < 4.78 is 0. The van der Waals surface area contributed by atoms with Gasteiger partial charge < -0.3 is 5.73 Å². The summed E-state index contributed by atoms with van der Waals surface area (Å²) in [6.45, 7) is 12.3. The lowest BCUT2D eigenvalue weighted by molar-refractivity contribution is 0.117. The van der Waals surface area contributed by atoms with Crippen LogP contribution in [0.25, 0.3) is 0 Å². The average molecular weight is 246 g/mol. The minimum Gasteiger partial charge on any atom is -0.326 e. The van der Waals surface area contributed by atoms with Gasteiger partial charge in [-0.2, -0.15) is 0 Å². The molecule has 0 aromatic heterocycles. The van der Waals surface area contributed by atoms with E-state index in [1.165, 1.54) is 16.7 Å². The maximum absolute atomic E-state index is 6.36. The molecule has 2 heteroatoms. The second kappa shape index (κ2) is 4.67. The fourth-order valence-electron chi connectivity index (χ4n) is 3.18. The summed E-state index contributed by atoms with van der Waals surface area (Å²) in [7, 11) is 0. The topological polar surface area (TPSA) is 29.3 Å². The van der Waals surface area contributed by atoms with Gasteiger partial charge in [0, 0.05) is 18.1 Å². The third-order valence-electron chi connectivity index (χ3n) is 3.89. The average Bonchev–Trinajstić information content (AvgIpc) is 2.57. The Morgan fingerprint density at radius 3 is 2.17 bits per heavy atom. The lowest BCUT2D eigenvalue weighted by atomic mass is 9.94. The fourth-order valence-corrected chi connectivity index (χ4v) is 3.18. The molecule has 18 heavy (non-hydrogen) atoms. The summed E-state index contributed by atoms with van der Waals surface area (Å²) in [4.78, 5) is 2.55. The smallest absolute Gasteiger partial charge is 0.0505 e. The SMILES string of the molecule is Cc1cc(C)cc(C2C(N)CCN2C(C)(C)C)c1. The molecule has 100 valence electrons. The van der Waals surface area contributed by atoms with Gasteiger partial charge in [0.05, 0.1) is 6.04 Å². The maximum Gasteiger partial charge on any atom is 0.0505 e. The fraction of sp³-hybridized carbons (Fsp3) is 0.625. The van der Waals surface area contributed by atoms with E-state index in [9.17, 15) is 0 Å². The van der Waals surface area contributed by atoms with Crippen LogP contribution in [0.3, 0.4) is 0 Å². The first-order valence-electron chi connectivity index (χ1n) is 6.89. The van der Waals surface area contributed by atoms with Crippen LogP contribution < -0.4 is 5.73 Å². The van der Waals surface area contributed by atoms with E-state index in [4.69, 9.17) is 5.73 Å². The van der Waals surface area contributed by atoms with Crippen molar-refractivity contribution in [2.24, 2.45) is 5.73 Å². The number of likely N-dealkylation sites (tertiary alicyclic amines) is 1. The standard InChI is InChI=1S/C16H26N2/c1-11-8-12(2)10-13(9-11)15-14(17)6-7-18(15)16(3,4)5/h8-10,14-15H,6-7,17H2,1-5H3. The molecule has 1 saturated heterocycles. The summed E-state index contributed by atoms with van der Waals surface area (Å²) in [5.74, 6) is 0. The highest BCUT2D eigenvalue weighted by molar-refractivity contribution is 5.32. The zero-order chi connectivity index (χ0) is 13.5. The van der Waals surface area contributed by atoms with Crippen LogP contribution >= 0.6 is 0 Å². The van der Waals surface area contributed by atoms with Gasteiger partial charge in [-0.15, -0.1) is 0 Å². The van der Waals surface area contributed by atoms with Crippen LogP contribution in [0.15, 0.2) is 18.2 Å². The van der Waals surface area contributed by atoms with Crippen molar-refractivity contribution in [1.29, 1.82) is 0 Å². The minimum atomic E-state index is 0.177. The van der Waals surface area contributed by atoms with Crippen LogP contribution in [-0.2, 0) is 0 Å². The Labute approximate surface area is 111 Å². The molecule has 0 radical (unpaired) electrons. The van der Waals surface area contributed by atoms with Crippen molar-refractivity contribution in [3.05, 3.63) is 34.9 Å². The number of aryl methyl sites for hydroxylation is 2. The van der Waals surface area contributed by atoms with Crippen molar-refractivity contribution in [1.82, 2.24) is 4.90 Å². The van der Waals surface area contributed by atoms with Crippen LogP contribution in [0.4, 0.5) is 0 Å². The molecule has 1 aliphatic rings. The van der Waals surface area contributed by atoms with Crippen molar-refractivity contribution in [3.63, 3.8) is 0 Å². The van der Waals surface area contributed by atoms with Gasteiger partial charge in [-0.3, -0.25) is 4.90 Å². The highest BCUT2D eigenvalue weighted by Gasteiger charge is 2.38. The molecule has 2 atom stereocenters. The van der Waals surface area contributed by atoms with E-state index in [-0.39, 0.29) is 11.6 Å². The summed E-state index contributed by atoms with van der Waals surface area (Å²) in [6.07, 6.45) is 1.09. The van der Waals surface area contributed by atoms with E-state index in [0.717, 1.165) is 13.0 Å². The minimum absolute atomic E-state index is 0.177. The number of hydrogen-bond donors (Lipinski definition) is 1. The molecule has 0 saturated carbocycles. The molecule has 1 aromatic carbocycles. The molecule has 0 bridgehead atoms. The molecular formula is C16H26N2. The van der Waals surface area contributed by atoms with E-state index in [1.807, 2.05) is 0 Å². The van der Waals surface area contributed by atoms with Crippen molar-refractivity contribution < 1.29 is 0 Å². The zero-order valence-electron chi connectivity index (χ0n) is 12.3. The van der Waals surface area contributed by atoms with Crippen LogP contribution in [0.2, 0.25) is 0 Å². The molecule has 0 aliphatic carbocycles. The lowest BCUT2D eigenvalue weighted by Gasteiger charge is -2.38. The van der Waals surface area contributed by atoms with Crippen LogP contribution in [0, 0.1) is 13.8 Å². The Bertz CT molecular complexity index is 411. The lowest BCUT2D eigenvalue weighted by Crippen LogP contribution is -2.43. The van der Waals surface area contributed by atoms with Crippen molar-refractivity contribution in [3.8, 4) is 0 Å². The van der Waals surface area contributed by atoms with Gasteiger partial charge in [-0.25, -0.2) is 0 Å². The van der Waals surface area contributed by atoms with Crippen LogP contribution in [0.5, 0.6) is 0 Å². The van der Waals surface area contributed by atoms with Gasteiger partial charge in [0.25, 0.3) is 0 Å². The van der Waals surface area contributed by atoms with Crippen LogP contribution in [-0.4, -0.2) is 23.0 Å². The van der Waals surface area contributed by atoms with E-state index in [0.29, 0.717) is 6.04 Å². The van der Waals surface area contributed by atoms with Gasteiger partial charge in [0.1, 0.15) is 0 Å². The van der Waals surface area contributed by atoms with Crippen molar-refractivity contribution in [2.45, 2.75) is 58.7 Å². The summed E-state index contributed by atoms with van der Waals surface area (Å²) in [5, 5.41) is 0. The summed E-state index contributed by atoms with van der Waals surface area (Å²) in [6, 6.07) is 7.43. The Kier molecular flexibility index (Phi) is 3.52. The Morgan fingerprint density at radius 1 is 1.11 bits per heavy atom. The normalized spacial score (nSPS) is 25.7. The van der Waals surface area contributed by atoms with Gasteiger partial charge in [0.15, 0.2) is 0 Å². The molecule has 0 amide bonds. The van der Waals surface area contributed by atoms with E-state index in [1.54, 1.807) is 0 Å². The number of hydrogen-bond acceptors (Lipinski definition) is 2. The van der Waals surface area contributed by atoms with Gasteiger partial charge >= 0.3 is 0 Å². The monoisotopic (exact) mass is 246 g/mol. The number of rotatable bonds is 1. The molecule has 2 unspecified atom stereocenters. The molecule has 0 spiro atoms. The molecule has 1 aliphatic heterocycles. The van der Waals surface area contributed by atoms with Gasteiger partial charge in [0.2, 0.25) is 0 Å². The number of nitrogens with two attached hydrogens (primary N) is 1. The first-order chi connectivity index (χ1) is 8.29. The highest BCUT2D eigenvalue weighted by Crippen LogP contribution is 2.37.